The van der Waals surface area contributed by atoms with Crippen molar-refractivity contribution in [1.29, 1.82) is 0 Å². The fourth-order valence-electron chi connectivity index (χ4n) is 3.38. The van der Waals surface area contributed by atoms with Crippen molar-refractivity contribution in [2.24, 2.45) is 5.41 Å². The highest BCUT2D eigenvalue weighted by atomic mass is 16.2. The molecular formula is C16H31N3O. The molecule has 0 aromatic carbocycles. The Morgan fingerprint density at radius 1 is 1.30 bits per heavy atom. The van der Waals surface area contributed by atoms with Crippen molar-refractivity contribution < 1.29 is 4.79 Å². The minimum absolute atomic E-state index is 0.0681. The molecule has 1 unspecified atom stereocenters. The van der Waals surface area contributed by atoms with Gasteiger partial charge in [0.15, 0.2) is 0 Å². The zero-order valence-corrected chi connectivity index (χ0v) is 13.5. The van der Waals surface area contributed by atoms with E-state index in [0.717, 1.165) is 52.0 Å². The molecule has 2 aliphatic rings. The van der Waals surface area contributed by atoms with E-state index in [9.17, 15) is 4.79 Å². The highest BCUT2D eigenvalue weighted by Gasteiger charge is 2.35. The number of nitrogens with zero attached hydrogens (tertiary/aromatic N) is 2. The molecule has 1 N–H and O–H groups in total. The highest BCUT2D eigenvalue weighted by molar-refractivity contribution is 5.82. The second-order valence-corrected chi connectivity index (χ2v) is 7.02. The van der Waals surface area contributed by atoms with Gasteiger partial charge in [0.05, 0.1) is 6.04 Å². The first-order valence-electron chi connectivity index (χ1n) is 8.25. The van der Waals surface area contributed by atoms with Crippen molar-refractivity contribution in [3.05, 3.63) is 0 Å². The van der Waals surface area contributed by atoms with Crippen LogP contribution in [0.2, 0.25) is 0 Å². The summed E-state index contributed by atoms with van der Waals surface area (Å²) in [6, 6.07) is 0.0681. The summed E-state index contributed by atoms with van der Waals surface area (Å²) < 4.78 is 0. The zero-order valence-electron chi connectivity index (χ0n) is 13.5. The second-order valence-electron chi connectivity index (χ2n) is 7.02. The van der Waals surface area contributed by atoms with Crippen molar-refractivity contribution in [3.8, 4) is 0 Å². The molecule has 4 nitrogen and oxygen atoms in total. The second kappa shape index (κ2) is 6.90. The van der Waals surface area contributed by atoms with Crippen LogP contribution in [0.5, 0.6) is 0 Å². The van der Waals surface area contributed by atoms with Gasteiger partial charge in [-0.15, -0.1) is 0 Å². The molecular weight excluding hydrogens is 250 g/mol. The van der Waals surface area contributed by atoms with E-state index in [1.54, 1.807) is 0 Å². The van der Waals surface area contributed by atoms with Crippen LogP contribution in [0.25, 0.3) is 0 Å². The molecule has 2 fully saturated rings. The molecule has 2 saturated heterocycles. The Hall–Kier alpha value is -0.610. The average Bonchev–Trinajstić information content (AvgIpc) is 2.44. The summed E-state index contributed by atoms with van der Waals surface area (Å²) in [4.78, 5) is 17.1. The molecule has 0 aromatic heterocycles. The van der Waals surface area contributed by atoms with Crippen molar-refractivity contribution in [2.75, 3.05) is 39.8 Å². The minimum Gasteiger partial charge on any atom is -0.341 e. The Bertz CT molecular complexity index is 324. The van der Waals surface area contributed by atoms with Gasteiger partial charge in [0.25, 0.3) is 0 Å². The van der Waals surface area contributed by atoms with E-state index in [1.165, 1.54) is 12.8 Å². The van der Waals surface area contributed by atoms with Crippen LogP contribution in [-0.4, -0.2) is 61.5 Å². The first-order valence-corrected chi connectivity index (χ1v) is 8.25. The molecule has 0 aliphatic carbocycles. The van der Waals surface area contributed by atoms with Crippen LogP contribution < -0.4 is 5.32 Å². The van der Waals surface area contributed by atoms with Gasteiger partial charge < -0.3 is 15.1 Å². The monoisotopic (exact) mass is 281 g/mol. The molecule has 2 heterocycles. The highest BCUT2D eigenvalue weighted by Crippen LogP contribution is 2.32. The Balaban J connectivity index is 1.89. The molecule has 0 saturated carbocycles. The maximum Gasteiger partial charge on any atom is 0.239 e. The van der Waals surface area contributed by atoms with E-state index in [-0.39, 0.29) is 6.04 Å². The van der Waals surface area contributed by atoms with Crippen LogP contribution in [0.3, 0.4) is 0 Å². The van der Waals surface area contributed by atoms with E-state index in [0.29, 0.717) is 11.3 Å². The van der Waals surface area contributed by atoms with Gasteiger partial charge in [-0.05, 0) is 64.2 Å². The first-order chi connectivity index (χ1) is 9.54. The van der Waals surface area contributed by atoms with Gasteiger partial charge in [0, 0.05) is 13.1 Å². The van der Waals surface area contributed by atoms with E-state index in [4.69, 9.17) is 0 Å². The maximum atomic E-state index is 12.6. The average molecular weight is 281 g/mol. The molecule has 2 rings (SSSR count). The van der Waals surface area contributed by atoms with E-state index in [2.05, 4.69) is 36.0 Å². The molecule has 4 heteroatoms. The normalized spacial score (nSPS) is 27.9. The summed E-state index contributed by atoms with van der Waals surface area (Å²) in [5.41, 5.74) is 0.314. The first kappa shape index (κ1) is 15.8. The van der Waals surface area contributed by atoms with E-state index in [1.807, 2.05) is 0 Å². The van der Waals surface area contributed by atoms with Crippen LogP contribution in [0.15, 0.2) is 0 Å². The van der Waals surface area contributed by atoms with Crippen LogP contribution in [0.1, 0.15) is 46.0 Å². The summed E-state index contributed by atoms with van der Waals surface area (Å²) in [7, 11) is 2.19. The fourth-order valence-corrected chi connectivity index (χ4v) is 3.38. The predicted molar refractivity (Wildman–Crippen MR) is 82.7 cm³/mol. The number of hydrogen-bond donors (Lipinski definition) is 1. The van der Waals surface area contributed by atoms with Gasteiger partial charge in [-0.2, -0.15) is 0 Å². The maximum absolute atomic E-state index is 12.6. The number of rotatable bonds is 5. The summed E-state index contributed by atoms with van der Waals surface area (Å²) in [5.74, 6) is 0.338. The van der Waals surface area contributed by atoms with Crippen molar-refractivity contribution in [3.63, 3.8) is 0 Å². The molecule has 116 valence electrons. The Morgan fingerprint density at radius 2 is 2.00 bits per heavy atom. The van der Waals surface area contributed by atoms with Gasteiger partial charge in [0.2, 0.25) is 5.91 Å². The molecule has 2 aliphatic heterocycles. The summed E-state index contributed by atoms with van der Waals surface area (Å²) in [6.45, 7) is 9.69. The molecule has 0 radical (unpaired) electrons. The molecule has 20 heavy (non-hydrogen) atoms. The van der Waals surface area contributed by atoms with Gasteiger partial charge in [-0.3, -0.25) is 4.79 Å². The number of likely N-dealkylation sites (tertiary alicyclic amines) is 2. The lowest BCUT2D eigenvalue weighted by molar-refractivity contribution is -0.138. The van der Waals surface area contributed by atoms with Crippen molar-refractivity contribution in [2.45, 2.75) is 52.0 Å². The topological polar surface area (TPSA) is 35.6 Å². The zero-order chi connectivity index (χ0) is 14.6. The number of amides is 1. The van der Waals surface area contributed by atoms with E-state index >= 15 is 0 Å². The number of carbonyl (C=O) groups excluding carboxylic acids is 1. The molecule has 0 aromatic rings. The molecule has 0 bridgehead atoms. The van der Waals surface area contributed by atoms with Gasteiger partial charge in [-0.25, -0.2) is 0 Å². The number of piperidine rings is 2. The van der Waals surface area contributed by atoms with Crippen molar-refractivity contribution >= 4 is 5.91 Å². The van der Waals surface area contributed by atoms with Crippen LogP contribution in [-0.2, 0) is 4.79 Å². The third kappa shape index (κ3) is 3.95. The summed E-state index contributed by atoms with van der Waals surface area (Å²) in [5, 5.41) is 3.41. The van der Waals surface area contributed by atoms with Gasteiger partial charge in [0.1, 0.15) is 0 Å². The largest absolute Gasteiger partial charge is 0.341 e. The number of nitrogens with one attached hydrogen (secondary N) is 1. The van der Waals surface area contributed by atoms with Gasteiger partial charge in [-0.1, -0.05) is 13.8 Å². The number of hydrogen-bond acceptors (Lipinski definition) is 3. The Labute approximate surface area is 123 Å². The van der Waals surface area contributed by atoms with Crippen LogP contribution in [0.4, 0.5) is 0 Å². The lowest BCUT2D eigenvalue weighted by atomic mass is 9.79. The predicted octanol–water partition coefficient (Wildman–Crippen LogP) is 1.71. The third-order valence-electron chi connectivity index (χ3n) is 4.94. The van der Waals surface area contributed by atoms with Gasteiger partial charge >= 0.3 is 0 Å². The van der Waals surface area contributed by atoms with E-state index < -0.39 is 0 Å². The quantitative estimate of drug-likeness (QED) is 0.833. The van der Waals surface area contributed by atoms with Crippen molar-refractivity contribution in [1.82, 2.24) is 15.1 Å². The van der Waals surface area contributed by atoms with Crippen LogP contribution >= 0.6 is 0 Å². The fraction of sp³-hybridized carbons (Fsp3) is 0.938. The lowest BCUT2D eigenvalue weighted by Crippen LogP contribution is -2.54. The Morgan fingerprint density at radius 3 is 2.65 bits per heavy atom. The standard InChI is InChI=1S/C16H31N3O/c1-4-9-17-14-6-5-10-19(15(14)20)13-16(2)7-11-18(3)12-8-16/h14,17H,4-13H2,1-3H3. The minimum atomic E-state index is 0.0681. The Kier molecular flexibility index (Phi) is 5.44. The third-order valence-corrected chi connectivity index (χ3v) is 4.94. The summed E-state index contributed by atoms with van der Waals surface area (Å²) in [6.07, 6.45) is 5.66. The lowest BCUT2D eigenvalue weighted by Gasteiger charge is -2.43. The molecule has 0 spiro atoms. The SMILES string of the molecule is CCCNC1CCCN(CC2(C)CCN(C)CC2)C1=O. The summed E-state index contributed by atoms with van der Waals surface area (Å²) >= 11 is 0. The smallest absolute Gasteiger partial charge is 0.239 e. The van der Waals surface area contributed by atoms with Crippen LogP contribution in [0, 0.1) is 5.41 Å². The number of carbonyl (C=O) groups is 1. The molecule has 1 atom stereocenters. The molecule has 1 amide bonds.